The van der Waals surface area contributed by atoms with E-state index >= 15 is 0 Å². The second-order valence-corrected chi connectivity index (χ2v) is 7.40. The summed E-state index contributed by atoms with van der Waals surface area (Å²) in [7, 11) is 2.03. The highest BCUT2D eigenvalue weighted by molar-refractivity contribution is 5.82. The smallest absolute Gasteiger partial charge is 0.315 e. The maximum Gasteiger partial charge on any atom is 0.315 e. The van der Waals surface area contributed by atoms with Gasteiger partial charge in [-0.3, -0.25) is 4.79 Å². The van der Waals surface area contributed by atoms with Crippen molar-refractivity contribution in [1.82, 2.24) is 20.1 Å². The van der Waals surface area contributed by atoms with Gasteiger partial charge in [0.2, 0.25) is 5.91 Å². The van der Waals surface area contributed by atoms with Crippen molar-refractivity contribution in [1.29, 1.82) is 0 Å². The molecule has 0 radical (unpaired) electrons. The monoisotopic (exact) mass is 332 g/mol. The van der Waals surface area contributed by atoms with E-state index in [1.165, 1.54) is 5.69 Å². The fraction of sp³-hybridized carbons (Fsp3) is 0.667. The standard InChI is InChI=1S/C18H28N4O2/c1-12-9-16(12)22-11-14(10-17(22)23)20-18(24)19-13(2)6-7-15-5-4-8-21(15)3/h4-5,8,12-14,16H,6-7,9-11H2,1-3H3,(H2,19,20,24). The van der Waals surface area contributed by atoms with Crippen LogP contribution in [0.5, 0.6) is 0 Å². The van der Waals surface area contributed by atoms with E-state index in [-0.39, 0.29) is 24.0 Å². The zero-order chi connectivity index (χ0) is 17.3. The maximum atomic E-state index is 12.1. The Kier molecular flexibility index (Phi) is 4.83. The summed E-state index contributed by atoms with van der Waals surface area (Å²) in [5, 5.41) is 5.94. The number of amides is 3. The second-order valence-electron chi connectivity index (χ2n) is 7.40. The molecule has 1 aromatic heterocycles. The number of hydrogen-bond acceptors (Lipinski definition) is 2. The van der Waals surface area contributed by atoms with E-state index < -0.39 is 0 Å². The number of carbonyl (C=O) groups is 2. The predicted molar refractivity (Wildman–Crippen MR) is 92.6 cm³/mol. The molecule has 0 aromatic carbocycles. The summed E-state index contributed by atoms with van der Waals surface area (Å²) < 4.78 is 2.10. The number of carbonyl (C=O) groups excluding carboxylic acids is 2. The summed E-state index contributed by atoms with van der Waals surface area (Å²) in [5.41, 5.74) is 1.26. The van der Waals surface area contributed by atoms with Crippen molar-refractivity contribution >= 4 is 11.9 Å². The van der Waals surface area contributed by atoms with Crippen molar-refractivity contribution in [2.75, 3.05) is 6.54 Å². The Morgan fingerprint density at radius 3 is 2.83 bits per heavy atom. The number of nitrogens with zero attached hydrogens (tertiary/aromatic N) is 2. The fourth-order valence-electron chi connectivity index (χ4n) is 3.53. The van der Waals surface area contributed by atoms with Gasteiger partial charge in [-0.25, -0.2) is 4.79 Å². The number of urea groups is 1. The number of aromatic nitrogens is 1. The highest BCUT2D eigenvalue weighted by Crippen LogP contribution is 2.37. The van der Waals surface area contributed by atoms with Crippen LogP contribution in [-0.4, -0.2) is 46.1 Å². The third kappa shape index (κ3) is 3.91. The van der Waals surface area contributed by atoms with Crippen molar-refractivity contribution in [3.63, 3.8) is 0 Å². The van der Waals surface area contributed by atoms with Crippen LogP contribution in [0, 0.1) is 5.92 Å². The summed E-state index contributed by atoms with van der Waals surface area (Å²) in [5.74, 6) is 0.783. The summed E-state index contributed by atoms with van der Waals surface area (Å²) in [4.78, 5) is 26.1. The SMILES string of the molecule is CC(CCc1cccn1C)NC(=O)NC1CC(=O)N(C2CC2C)C1. The maximum absolute atomic E-state index is 12.1. The topological polar surface area (TPSA) is 66.4 Å². The van der Waals surface area contributed by atoms with Gasteiger partial charge < -0.3 is 20.1 Å². The third-order valence-corrected chi connectivity index (χ3v) is 5.22. The number of hydrogen-bond donors (Lipinski definition) is 2. The van der Waals surface area contributed by atoms with Crippen LogP contribution in [0.15, 0.2) is 18.3 Å². The summed E-state index contributed by atoms with van der Waals surface area (Å²) in [6.07, 6.45) is 5.37. The molecule has 2 heterocycles. The van der Waals surface area contributed by atoms with Gasteiger partial charge in [-0.1, -0.05) is 6.92 Å². The first-order valence-corrected chi connectivity index (χ1v) is 8.90. The average molecular weight is 332 g/mol. The number of likely N-dealkylation sites (tertiary alicyclic amines) is 1. The Bertz CT molecular complexity index is 612. The highest BCUT2D eigenvalue weighted by atomic mass is 16.2. The number of rotatable bonds is 6. The lowest BCUT2D eigenvalue weighted by Gasteiger charge is -2.19. The van der Waals surface area contributed by atoms with Crippen molar-refractivity contribution < 1.29 is 9.59 Å². The van der Waals surface area contributed by atoms with Gasteiger partial charge in [0.05, 0.1) is 6.04 Å². The van der Waals surface area contributed by atoms with Gasteiger partial charge in [0, 0.05) is 44.0 Å². The number of nitrogens with one attached hydrogen (secondary N) is 2. The zero-order valence-electron chi connectivity index (χ0n) is 14.8. The first-order chi connectivity index (χ1) is 11.4. The van der Waals surface area contributed by atoms with E-state index in [4.69, 9.17) is 0 Å². The second kappa shape index (κ2) is 6.87. The molecule has 2 aliphatic rings. The van der Waals surface area contributed by atoms with E-state index in [1.54, 1.807) is 0 Å². The van der Waals surface area contributed by atoms with Crippen molar-refractivity contribution in [2.24, 2.45) is 13.0 Å². The molecule has 4 unspecified atom stereocenters. The van der Waals surface area contributed by atoms with E-state index in [9.17, 15) is 9.59 Å². The molecule has 2 fully saturated rings. The molecular weight excluding hydrogens is 304 g/mol. The van der Waals surface area contributed by atoms with Crippen LogP contribution in [0.4, 0.5) is 4.79 Å². The van der Waals surface area contributed by atoms with Gasteiger partial charge >= 0.3 is 6.03 Å². The molecule has 4 atom stereocenters. The third-order valence-electron chi connectivity index (χ3n) is 5.22. The Labute approximate surface area is 143 Å². The minimum atomic E-state index is -0.169. The predicted octanol–water partition coefficient (Wildman–Crippen LogP) is 1.65. The van der Waals surface area contributed by atoms with E-state index in [0.717, 1.165) is 19.3 Å². The van der Waals surface area contributed by atoms with Crippen molar-refractivity contribution in [2.45, 2.75) is 57.7 Å². The molecule has 1 aromatic rings. The van der Waals surface area contributed by atoms with Crippen LogP contribution < -0.4 is 10.6 Å². The highest BCUT2D eigenvalue weighted by Gasteiger charge is 2.44. The molecule has 1 aliphatic heterocycles. The normalized spacial score (nSPS) is 27.2. The Balaban J connectivity index is 1.39. The molecule has 6 heteroatoms. The molecular formula is C18H28N4O2. The van der Waals surface area contributed by atoms with Gasteiger partial charge in [-0.2, -0.15) is 0 Å². The molecule has 132 valence electrons. The van der Waals surface area contributed by atoms with E-state index in [0.29, 0.717) is 24.9 Å². The lowest BCUT2D eigenvalue weighted by atomic mass is 10.1. The molecule has 0 spiro atoms. The van der Waals surface area contributed by atoms with Crippen LogP contribution in [0.1, 0.15) is 38.8 Å². The van der Waals surface area contributed by atoms with Crippen LogP contribution in [0.3, 0.4) is 0 Å². The quantitative estimate of drug-likeness (QED) is 0.832. The van der Waals surface area contributed by atoms with Gasteiger partial charge in [0.25, 0.3) is 0 Å². The van der Waals surface area contributed by atoms with Crippen molar-refractivity contribution in [3.05, 3.63) is 24.0 Å². The van der Waals surface area contributed by atoms with Crippen LogP contribution in [0.25, 0.3) is 0 Å². The molecule has 1 saturated carbocycles. The zero-order valence-corrected chi connectivity index (χ0v) is 14.8. The summed E-state index contributed by atoms with van der Waals surface area (Å²) in [6.45, 7) is 4.83. The van der Waals surface area contributed by atoms with Crippen LogP contribution in [-0.2, 0) is 18.3 Å². The minimum Gasteiger partial charge on any atom is -0.354 e. The first kappa shape index (κ1) is 16.9. The van der Waals surface area contributed by atoms with E-state index in [2.05, 4.69) is 28.2 Å². The van der Waals surface area contributed by atoms with Crippen LogP contribution in [0.2, 0.25) is 0 Å². The number of aryl methyl sites for hydroxylation is 2. The molecule has 1 aliphatic carbocycles. The minimum absolute atomic E-state index is 0.0645. The van der Waals surface area contributed by atoms with E-state index in [1.807, 2.05) is 31.1 Å². The molecule has 3 amide bonds. The van der Waals surface area contributed by atoms with Gasteiger partial charge in [0.15, 0.2) is 0 Å². The average Bonchev–Trinajstić information content (AvgIpc) is 2.90. The first-order valence-electron chi connectivity index (χ1n) is 8.90. The molecule has 6 nitrogen and oxygen atoms in total. The summed E-state index contributed by atoms with van der Waals surface area (Å²) in [6, 6.07) is 4.39. The van der Waals surface area contributed by atoms with Crippen LogP contribution >= 0.6 is 0 Å². The molecule has 0 bridgehead atoms. The Hall–Kier alpha value is -1.98. The lowest BCUT2D eigenvalue weighted by Crippen LogP contribution is -2.46. The van der Waals surface area contributed by atoms with Gasteiger partial charge in [0.1, 0.15) is 0 Å². The fourth-order valence-corrected chi connectivity index (χ4v) is 3.53. The molecule has 3 rings (SSSR count). The van der Waals surface area contributed by atoms with Crippen molar-refractivity contribution in [3.8, 4) is 0 Å². The molecule has 24 heavy (non-hydrogen) atoms. The van der Waals surface area contributed by atoms with Gasteiger partial charge in [-0.15, -0.1) is 0 Å². The molecule has 1 saturated heterocycles. The largest absolute Gasteiger partial charge is 0.354 e. The van der Waals surface area contributed by atoms with Gasteiger partial charge in [-0.05, 0) is 44.2 Å². The Morgan fingerprint density at radius 2 is 2.21 bits per heavy atom. The molecule has 2 N–H and O–H groups in total. The Morgan fingerprint density at radius 1 is 1.46 bits per heavy atom. The summed E-state index contributed by atoms with van der Waals surface area (Å²) >= 11 is 0. The lowest BCUT2D eigenvalue weighted by molar-refractivity contribution is -0.128.